The Balaban J connectivity index is 0.00000169. The van der Waals surface area contributed by atoms with Crippen molar-refractivity contribution in [2.75, 3.05) is 0 Å². The van der Waals surface area contributed by atoms with Gasteiger partial charge in [-0.25, -0.2) is 4.57 Å². The van der Waals surface area contributed by atoms with E-state index < -0.39 is 5.91 Å². The fourth-order valence-corrected chi connectivity index (χ4v) is 0.825. The Morgan fingerprint density at radius 1 is 1.36 bits per heavy atom. The average molecular weight is 306 g/mol. The Morgan fingerprint density at radius 2 is 1.86 bits per heavy atom. The first kappa shape index (κ1) is 12.8. The number of halogens is 1. The van der Waals surface area contributed by atoms with Gasteiger partial charge >= 0.3 is 0 Å². The van der Waals surface area contributed by atoms with E-state index in [1.54, 1.807) is 24.5 Å². The zero-order chi connectivity index (χ0) is 9.84. The molecule has 6 heteroatoms. The third-order valence-electron chi connectivity index (χ3n) is 1.46. The molecule has 14 heavy (non-hydrogen) atoms. The maximum atomic E-state index is 11.2. The van der Waals surface area contributed by atoms with Gasteiger partial charge in [0, 0.05) is 12.1 Å². The van der Waals surface area contributed by atoms with Crippen LogP contribution in [0.1, 0.15) is 10.4 Å². The highest BCUT2D eigenvalue weighted by Gasteiger charge is 2.05. The first-order chi connectivity index (χ1) is 6.09. The van der Waals surface area contributed by atoms with Gasteiger partial charge in [-0.1, -0.05) is 0 Å². The fourth-order valence-electron chi connectivity index (χ4n) is 0.825. The van der Waals surface area contributed by atoms with Gasteiger partial charge in [-0.05, 0) is 0 Å². The van der Waals surface area contributed by atoms with Gasteiger partial charge in [-0.2, -0.15) is 4.99 Å². The predicted molar refractivity (Wildman–Crippen MR) is 47.8 cm³/mol. The van der Waals surface area contributed by atoms with Crippen LogP contribution in [0.5, 0.6) is 0 Å². The summed E-state index contributed by atoms with van der Waals surface area (Å²) in [4.78, 5) is 14.6. The molecule has 0 atom stereocenters. The number of aliphatic imine (C=N–C) groups is 1. The molecule has 0 aromatic carbocycles. The van der Waals surface area contributed by atoms with E-state index in [0.29, 0.717) is 5.56 Å². The van der Waals surface area contributed by atoms with Crippen LogP contribution in [0.15, 0.2) is 29.5 Å². The number of amides is 1. The molecule has 5 nitrogen and oxygen atoms in total. The van der Waals surface area contributed by atoms with Crippen LogP contribution in [0.2, 0.25) is 0 Å². The number of pyridine rings is 1. The molecule has 1 aromatic rings. The van der Waals surface area contributed by atoms with E-state index in [4.69, 9.17) is 11.5 Å². The van der Waals surface area contributed by atoms with Crippen molar-refractivity contribution in [1.29, 1.82) is 0 Å². The van der Waals surface area contributed by atoms with Crippen molar-refractivity contribution >= 4 is 11.9 Å². The normalized spacial score (nSPS) is 8.64. The van der Waals surface area contributed by atoms with Crippen molar-refractivity contribution in [3.8, 4) is 0 Å². The van der Waals surface area contributed by atoms with Crippen LogP contribution in [-0.2, 0) is 7.05 Å². The Morgan fingerprint density at radius 3 is 2.29 bits per heavy atom. The predicted octanol–water partition coefficient (Wildman–Crippen LogP) is -4.07. The highest BCUT2D eigenvalue weighted by molar-refractivity contribution is 6.01. The molecule has 0 bridgehead atoms. The molecule has 0 radical (unpaired) electrons. The molecule has 1 rings (SSSR count). The van der Waals surface area contributed by atoms with Gasteiger partial charge in [-0.15, -0.1) is 0 Å². The van der Waals surface area contributed by atoms with E-state index >= 15 is 0 Å². The summed E-state index contributed by atoms with van der Waals surface area (Å²) < 4.78 is 1.81. The molecule has 0 fully saturated rings. The number of carbonyl (C=O) groups is 1. The highest BCUT2D eigenvalue weighted by Crippen LogP contribution is 1.96. The lowest BCUT2D eigenvalue weighted by Crippen LogP contribution is -3.00. The summed E-state index contributed by atoms with van der Waals surface area (Å²) >= 11 is 0. The zero-order valence-electron chi connectivity index (χ0n) is 7.64. The third-order valence-corrected chi connectivity index (χ3v) is 1.46. The first-order valence-corrected chi connectivity index (χ1v) is 3.69. The number of hydrogen-bond acceptors (Lipinski definition) is 1. The second-order valence-electron chi connectivity index (χ2n) is 2.59. The Kier molecular flexibility index (Phi) is 5.06. The molecule has 1 heterocycles. The standard InChI is InChI=1S/C8H10N4O.HI/c1-12-4-2-6(3-5-12)7(13)11-8(9)10;/h2-5H,1H3,(H3-,9,10,11,13);1H. The number of aryl methyl sites for hydroxylation is 1. The summed E-state index contributed by atoms with van der Waals surface area (Å²) in [5.41, 5.74) is 10.6. The van der Waals surface area contributed by atoms with Gasteiger partial charge in [0.1, 0.15) is 7.05 Å². The van der Waals surface area contributed by atoms with Crippen molar-refractivity contribution in [3.63, 3.8) is 0 Å². The van der Waals surface area contributed by atoms with Crippen LogP contribution in [0.3, 0.4) is 0 Å². The lowest BCUT2D eigenvalue weighted by atomic mass is 10.2. The first-order valence-electron chi connectivity index (χ1n) is 3.69. The van der Waals surface area contributed by atoms with Gasteiger partial charge in [0.15, 0.2) is 18.4 Å². The average Bonchev–Trinajstić information content (AvgIpc) is 2.04. The molecule has 0 aliphatic rings. The van der Waals surface area contributed by atoms with E-state index in [2.05, 4.69) is 4.99 Å². The summed E-state index contributed by atoms with van der Waals surface area (Å²) in [5, 5.41) is 0. The quantitative estimate of drug-likeness (QED) is 0.240. The molecular formula is C8H11IN4O. The maximum absolute atomic E-state index is 11.2. The summed E-state index contributed by atoms with van der Waals surface area (Å²) in [6.45, 7) is 0. The zero-order valence-corrected chi connectivity index (χ0v) is 9.80. The van der Waals surface area contributed by atoms with Crippen molar-refractivity contribution in [3.05, 3.63) is 30.1 Å². The highest BCUT2D eigenvalue weighted by atomic mass is 127. The molecular weight excluding hydrogens is 295 g/mol. The molecule has 0 spiro atoms. The van der Waals surface area contributed by atoms with Crippen LogP contribution in [0.4, 0.5) is 0 Å². The number of hydrogen-bond donors (Lipinski definition) is 2. The fraction of sp³-hybridized carbons (Fsp3) is 0.125. The molecule has 0 unspecified atom stereocenters. The number of aromatic nitrogens is 1. The number of rotatable bonds is 1. The maximum Gasteiger partial charge on any atom is 0.280 e. The molecule has 1 amide bonds. The number of guanidine groups is 1. The van der Waals surface area contributed by atoms with E-state index in [1.165, 1.54) is 0 Å². The lowest BCUT2D eigenvalue weighted by Gasteiger charge is -1.93. The van der Waals surface area contributed by atoms with Gasteiger partial charge in [0.2, 0.25) is 0 Å². The van der Waals surface area contributed by atoms with E-state index in [0.717, 1.165) is 0 Å². The molecule has 0 saturated heterocycles. The molecule has 0 aliphatic carbocycles. The van der Waals surface area contributed by atoms with Crippen molar-refractivity contribution < 1.29 is 33.3 Å². The van der Waals surface area contributed by atoms with Gasteiger partial charge < -0.3 is 35.4 Å². The summed E-state index contributed by atoms with van der Waals surface area (Å²) in [5.74, 6) is -0.654. The summed E-state index contributed by atoms with van der Waals surface area (Å²) in [7, 11) is 1.86. The van der Waals surface area contributed by atoms with Gasteiger partial charge in [0.05, 0.1) is 5.56 Å². The van der Waals surface area contributed by atoms with Crippen LogP contribution < -0.4 is 40.0 Å². The minimum absolute atomic E-state index is 0. The second-order valence-corrected chi connectivity index (χ2v) is 2.59. The molecule has 76 valence electrons. The van der Waals surface area contributed by atoms with Crippen LogP contribution in [-0.4, -0.2) is 11.9 Å². The monoisotopic (exact) mass is 306 g/mol. The van der Waals surface area contributed by atoms with E-state index in [-0.39, 0.29) is 29.9 Å². The van der Waals surface area contributed by atoms with Crippen molar-refractivity contribution in [2.45, 2.75) is 0 Å². The largest absolute Gasteiger partial charge is 1.00 e. The van der Waals surface area contributed by atoms with Crippen LogP contribution in [0.25, 0.3) is 0 Å². The summed E-state index contributed by atoms with van der Waals surface area (Å²) in [6.07, 6.45) is 3.49. The van der Waals surface area contributed by atoms with Crippen molar-refractivity contribution in [2.24, 2.45) is 23.5 Å². The van der Waals surface area contributed by atoms with Crippen LogP contribution in [0, 0.1) is 0 Å². The van der Waals surface area contributed by atoms with E-state index in [1.807, 2.05) is 11.6 Å². The topological polar surface area (TPSA) is 85.3 Å². The Hall–Kier alpha value is -1.18. The van der Waals surface area contributed by atoms with Gasteiger partial charge in [-0.3, -0.25) is 4.79 Å². The minimum atomic E-state index is -0.430. The molecule has 0 aliphatic heterocycles. The van der Waals surface area contributed by atoms with E-state index in [9.17, 15) is 4.79 Å². The van der Waals surface area contributed by atoms with Gasteiger partial charge in [0.25, 0.3) is 5.91 Å². The molecule has 4 N–H and O–H groups in total. The smallest absolute Gasteiger partial charge is 0.280 e. The van der Waals surface area contributed by atoms with Crippen molar-refractivity contribution in [1.82, 2.24) is 0 Å². The minimum Gasteiger partial charge on any atom is -1.00 e. The van der Waals surface area contributed by atoms with Crippen LogP contribution >= 0.6 is 0 Å². The number of carbonyl (C=O) groups excluding carboxylic acids is 1. The molecule has 1 aromatic heterocycles. The summed E-state index contributed by atoms with van der Waals surface area (Å²) in [6, 6.07) is 3.30. The Labute approximate surface area is 98.8 Å². The number of nitrogens with two attached hydrogens (primary N) is 2. The third kappa shape index (κ3) is 3.69. The molecule has 0 saturated carbocycles. The Bertz CT molecular complexity index is 343. The second kappa shape index (κ2) is 5.53. The SMILES string of the molecule is C[n+]1ccc(C(=O)N=C(N)N)cc1.[I-]. The number of nitrogens with zero attached hydrogens (tertiary/aromatic N) is 2. The lowest BCUT2D eigenvalue weighted by molar-refractivity contribution is -0.671.